The van der Waals surface area contributed by atoms with Crippen LogP contribution in [0.1, 0.15) is 19.3 Å². The molecule has 3 N–H and O–H groups in total. The maximum absolute atomic E-state index is 11.2. The van der Waals surface area contributed by atoms with E-state index >= 15 is 0 Å². The third kappa shape index (κ3) is 7.64. The van der Waals surface area contributed by atoms with Crippen LogP contribution in [0.25, 0.3) is 0 Å². The van der Waals surface area contributed by atoms with E-state index in [0.717, 1.165) is 24.5 Å². The molecule has 0 radical (unpaired) electrons. The molecule has 1 fully saturated rings. The van der Waals surface area contributed by atoms with E-state index in [2.05, 4.69) is 10.6 Å². The van der Waals surface area contributed by atoms with Crippen molar-refractivity contribution in [1.29, 1.82) is 0 Å². The van der Waals surface area contributed by atoms with E-state index in [4.69, 9.17) is 5.11 Å². The van der Waals surface area contributed by atoms with E-state index in [1.807, 2.05) is 0 Å². The van der Waals surface area contributed by atoms with Crippen molar-refractivity contribution in [2.45, 2.75) is 25.3 Å². The predicted molar refractivity (Wildman–Crippen MR) is 63.1 cm³/mol. The lowest BCUT2D eigenvalue weighted by atomic mass is 10.5. The van der Waals surface area contributed by atoms with Crippen molar-refractivity contribution in [3.63, 3.8) is 0 Å². The van der Waals surface area contributed by atoms with Crippen LogP contribution in [-0.2, 0) is 4.79 Å². The average Bonchev–Trinajstić information content (AvgIpc) is 3.04. The van der Waals surface area contributed by atoms with Gasteiger partial charge in [0, 0.05) is 24.9 Å². The van der Waals surface area contributed by atoms with Crippen LogP contribution in [0.2, 0.25) is 0 Å². The van der Waals surface area contributed by atoms with Gasteiger partial charge in [-0.05, 0) is 25.0 Å². The van der Waals surface area contributed by atoms with Gasteiger partial charge in [-0.1, -0.05) is 0 Å². The van der Waals surface area contributed by atoms with Gasteiger partial charge >= 0.3 is 0 Å². The van der Waals surface area contributed by atoms with E-state index in [1.165, 1.54) is 12.8 Å². The van der Waals surface area contributed by atoms with E-state index in [0.29, 0.717) is 12.6 Å². The Balaban J connectivity index is 1.79. The van der Waals surface area contributed by atoms with Crippen LogP contribution in [0, 0.1) is 0 Å². The highest BCUT2D eigenvalue weighted by atomic mass is 32.2. The van der Waals surface area contributed by atoms with Crippen LogP contribution in [0.5, 0.6) is 0 Å². The van der Waals surface area contributed by atoms with Gasteiger partial charge in [-0.3, -0.25) is 4.79 Å². The number of amides is 1. The van der Waals surface area contributed by atoms with Crippen molar-refractivity contribution in [3.05, 3.63) is 0 Å². The summed E-state index contributed by atoms with van der Waals surface area (Å²) in [5, 5.41) is 14.6. The Hall–Kier alpha value is -0.260. The molecule has 0 aliphatic heterocycles. The van der Waals surface area contributed by atoms with Gasteiger partial charge in [0.2, 0.25) is 5.91 Å². The summed E-state index contributed by atoms with van der Waals surface area (Å²) in [7, 11) is 0. The summed E-state index contributed by atoms with van der Waals surface area (Å²) < 4.78 is 0. The number of aliphatic hydroxyl groups excluding tert-OH is 1. The summed E-state index contributed by atoms with van der Waals surface area (Å²) >= 11 is 1.76. The standard InChI is InChI=1S/C10H20N2O2S/c13-5-1-6-15-7-4-11-10(14)8-12-9-2-3-9/h9,12-13H,1-8H2,(H,11,14). The van der Waals surface area contributed by atoms with Crippen molar-refractivity contribution >= 4 is 17.7 Å². The maximum Gasteiger partial charge on any atom is 0.233 e. The first-order valence-corrected chi connectivity index (χ1v) is 6.67. The molecule has 0 heterocycles. The van der Waals surface area contributed by atoms with Crippen molar-refractivity contribution < 1.29 is 9.90 Å². The van der Waals surface area contributed by atoms with Crippen LogP contribution < -0.4 is 10.6 Å². The van der Waals surface area contributed by atoms with Crippen LogP contribution >= 0.6 is 11.8 Å². The molecule has 1 rings (SSSR count). The van der Waals surface area contributed by atoms with E-state index in [1.54, 1.807) is 11.8 Å². The number of thioether (sulfide) groups is 1. The summed E-state index contributed by atoms with van der Waals surface area (Å²) in [5.41, 5.74) is 0. The number of hydrogen-bond acceptors (Lipinski definition) is 4. The van der Waals surface area contributed by atoms with Gasteiger partial charge in [-0.25, -0.2) is 0 Å². The highest BCUT2D eigenvalue weighted by Gasteiger charge is 2.20. The second-order valence-electron chi connectivity index (χ2n) is 3.69. The second kappa shape index (κ2) is 7.96. The molecule has 0 aromatic heterocycles. The van der Waals surface area contributed by atoms with Crippen LogP contribution in [0.4, 0.5) is 0 Å². The Bertz CT molecular complexity index is 186. The summed E-state index contributed by atoms with van der Waals surface area (Å²) in [6, 6.07) is 0.592. The molecule has 0 spiro atoms. The molecule has 0 aromatic carbocycles. The number of rotatable bonds is 9. The minimum Gasteiger partial charge on any atom is -0.396 e. The highest BCUT2D eigenvalue weighted by molar-refractivity contribution is 7.99. The van der Waals surface area contributed by atoms with E-state index in [-0.39, 0.29) is 12.5 Å². The molecular weight excluding hydrogens is 212 g/mol. The smallest absolute Gasteiger partial charge is 0.233 e. The lowest BCUT2D eigenvalue weighted by Crippen LogP contribution is -2.35. The average molecular weight is 232 g/mol. The number of carbonyl (C=O) groups is 1. The van der Waals surface area contributed by atoms with Gasteiger partial charge in [0.1, 0.15) is 0 Å². The molecule has 88 valence electrons. The molecule has 5 heteroatoms. The van der Waals surface area contributed by atoms with Crippen LogP contribution in [0.3, 0.4) is 0 Å². The van der Waals surface area contributed by atoms with Crippen LogP contribution in [0.15, 0.2) is 0 Å². The summed E-state index contributed by atoms with van der Waals surface area (Å²) in [6.45, 7) is 1.43. The minimum atomic E-state index is 0.0876. The molecule has 15 heavy (non-hydrogen) atoms. The Morgan fingerprint density at radius 3 is 2.87 bits per heavy atom. The molecule has 1 aliphatic rings. The lowest BCUT2D eigenvalue weighted by molar-refractivity contribution is -0.120. The summed E-state index contributed by atoms with van der Waals surface area (Å²) in [5.74, 6) is 1.98. The number of carbonyl (C=O) groups excluding carboxylic acids is 1. The minimum absolute atomic E-state index is 0.0876. The van der Waals surface area contributed by atoms with Crippen molar-refractivity contribution in [2.75, 3.05) is 31.2 Å². The number of aliphatic hydroxyl groups is 1. The first kappa shape index (κ1) is 12.8. The largest absolute Gasteiger partial charge is 0.396 e. The zero-order chi connectivity index (χ0) is 10.9. The molecule has 0 bridgehead atoms. The summed E-state index contributed by atoms with van der Waals surface area (Å²) in [4.78, 5) is 11.2. The Kier molecular flexibility index (Phi) is 6.80. The van der Waals surface area contributed by atoms with Gasteiger partial charge < -0.3 is 15.7 Å². The van der Waals surface area contributed by atoms with E-state index < -0.39 is 0 Å². The zero-order valence-corrected chi connectivity index (χ0v) is 9.81. The molecule has 0 saturated heterocycles. The predicted octanol–water partition coefficient (Wildman–Crippen LogP) is -0.0298. The molecular formula is C10H20N2O2S. The molecule has 4 nitrogen and oxygen atoms in total. The van der Waals surface area contributed by atoms with Crippen molar-refractivity contribution in [1.82, 2.24) is 10.6 Å². The Labute approximate surface area is 95.2 Å². The molecule has 0 unspecified atom stereocenters. The fourth-order valence-electron chi connectivity index (χ4n) is 1.12. The normalized spacial score (nSPS) is 15.3. The molecule has 1 amide bonds. The highest BCUT2D eigenvalue weighted by Crippen LogP contribution is 2.17. The number of nitrogens with one attached hydrogen (secondary N) is 2. The third-order valence-electron chi connectivity index (χ3n) is 2.14. The van der Waals surface area contributed by atoms with Gasteiger partial charge in [-0.2, -0.15) is 11.8 Å². The lowest BCUT2D eigenvalue weighted by Gasteiger charge is -2.05. The maximum atomic E-state index is 11.2. The SMILES string of the molecule is O=C(CNC1CC1)NCCSCCCO. The topological polar surface area (TPSA) is 61.4 Å². The van der Waals surface area contributed by atoms with Gasteiger partial charge in [0.25, 0.3) is 0 Å². The van der Waals surface area contributed by atoms with Crippen molar-refractivity contribution in [2.24, 2.45) is 0 Å². The molecule has 1 saturated carbocycles. The zero-order valence-electron chi connectivity index (χ0n) is 9.00. The van der Waals surface area contributed by atoms with Gasteiger partial charge in [-0.15, -0.1) is 0 Å². The van der Waals surface area contributed by atoms with Crippen molar-refractivity contribution in [3.8, 4) is 0 Å². The second-order valence-corrected chi connectivity index (χ2v) is 4.92. The van der Waals surface area contributed by atoms with Gasteiger partial charge in [0.15, 0.2) is 0 Å². The Morgan fingerprint density at radius 2 is 2.20 bits per heavy atom. The van der Waals surface area contributed by atoms with Gasteiger partial charge in [0.05, 0.1) is 6.54 Å². The number of hydrogen-bond donors (Lipinski definition) is 3. The fourth-order valence-corrected chi connectivity index (χ4v) is 1.90. The third-order valence-corrected chi connectivity index (χ3v) is 3.21. The van der Waals surface area contributed by atoms with Crippen LogP contribution in [-0.4, -0.2) is 48.3 Å². The summed E-state index contributed by atoms with van der Waals surface area (Å²) in [6.07, 6.45) is 3.26. The first-order valence-electron chi connectivity index (χ1n) is 5.51. The Morgan fingerprint density at radius 1 is 1.40 bits per heavy atom. The molecule has 0 aromatic rings. The fraction of sp³-hybridized carbons (Fsp3) is 0.900. The monoisotopic (exact) mass is 232 g/mol. The molecule has 1 aliphatic carbocycles. The van der Waals surface area contributed by atoms with E-state index in [9.17, 15) is 4.79 Å². The first-order chi connectivity index (χ1) is 7.33. The quantitative estimate of drug-likeness (QED) is 0.489. The molecule has 0 atom stereocenters.